The first-order valence-corrected chi connectivity index (χ1v) is 7.79. The largest absolute Gasteiger partial charge is 0.329 e. The van der Waals surface area contributed by atoms with E-state index in [-0.39, 0.29) is 23.4 Å². The third kappa shape index (κ3) is 5.06. The molecule has 0 aliphatic heterocycles. The first kappa shape index (κ1) is 17.9. The number of anilines is 1. The second-order valence-electron chi connectivity index (χ2n) is 5.54. The van der Waals surface area contributed by atoms with E-state index in [1.165, 1.54) is 30.0 Å². The van der Waals surface area contributed by atoms with Gasteiger partial charge in [-0.15, -0.1) is 0 Å². The van der Waals surface area contributed by atoms with Crippen LogP contribution in [0.4, 0.5) is 10.1 Å². The Balaban J connectivity index is 2.02. The summed E-state index contributed by atoms with van der Waals surface area (Å²) < 4.78 is 13.1. The molecule has 0 aliphatic carbocycles. The van der Waals surface area contributed by atoms with Crippen molar-refractivity contribution in [3.63, 3.8) is 0 Å². The highest BCUT2D eigenvalue weighted by Gasteiger charge is 2.15. The molecule has 0 atom stereocenters. The normalized spacial score (nSPS) is 10.3. The van der Waals surface area contributed by atoms with E-state index in [4.69, 9.17) is 11.6 Å². The van der Waals surface area contributed by atoms with Crippen molar-refractivity contribution in [1.29, 1.82) is 0 Å². The van der Waals surface area contributed by atoms with Gasteiger partial charge in [0.15, 0.2) is 0 Å². The molecule has 24 heavy (non-hydrogen) atoms. The number of benzene rings is 2. The van der Waals surface area contributed by atoms with E-state index in [0.29, 0.717) is 12.2 Å². The Morgan fingerprint density at radius 1 is 1.21 bits per heavy atom. The first-order valence-electron chi connectivity index (χ1n) is 7.41. The van der Waals surface area contributed by atoms with Gasteiger partial charge in [0.05, 0.1) is 5.02 Å². The van der Waals surface area contributed by atoms with E-state index in [0.717, 1.165) is 11.1 Å². The predicted molar refractivity (Wildman–Crippen MR) is 92.3 cm³/mol. The summed E-state index contributed by atoms with van der Waals surface area (Å²) in [7, 11) is 0. The van der Waals surface area contributed by atoms with Crippen LogP contribution in [-0.2, 0) is 16.1 Å². The van der Waals surface area contributed by atoms with E-state index in [1.54, 1.807) is 0 Å². The van der Waals surface area contributed by atoms with Gasteiger partial charge in [0.2, 0.25) is 11.8 Å². The SMILES string of the molecule is CC(=O)N(CC(=O)Nc1ccc(F)c(Cl)c1)Cc1cccc(C)c1. The maximum atomic E-state index is 13.1. The Morgan fingerprint density at radius 3 is 2.58 bits per heavy atom. The summed E-state index contributed by atoms with van der Waals surface area (Å²) >= 11 is 5.68. The molecule has 0 aromatic heterocycles. The standard InChI is InChI=1S/C18H18ClFN2O2/c1-12-4-3-5-14(8-12)10-22(13(2)23)11-18(24)21-15-6-7-17(20)16(19)9-15/h3-9H,10-11H2,1-2H3,(H,21,24). The smallest absolute Gasteiger partial charge is 0.244 e. The van der Waals surface area contributed by atoms with Crippen molar-refractivity contribution >= 4 is 29.1 Å². The highest BCUT2D eigenvalue weighted by Crippen LogP contribution is 2.19. The van der Waals surface area contributed by atoms with E-state index in [1.807, 2.05) is 31.2 Å². The minimum atomic E-state index is -0.556. The summed E-state index contributed by atoms with van der Waals surface area (Å²) in [6.07, 6.45) is 0. The maximum Gasteiger partial charge on any atom is 0.244 e. The lowest BCUT2D eigenvalue weighted by atomic mass is 10.1. The lowest BCUT2D eigenvalue weighted by Gasteiger charge is -2.21. The summed E-state index contributed by atoms with van der Waals surface area (Å²) in [5, 5.41) is 2.54. The van der Waals surface area contributed by atoms with Crippen molar-refractivity contribution in [1.82, 2.24) is 4.90 Å². The Bertz CT molecular complexity index is 764. The molecule has 2 aromatic rings. The van der Waals surface area contributed by atoms with E-state index < -0.39 is 5.82 Å². The number of halogens is 2. The number of nitrogens with one attached hydrogen (secondary N) is 1. The van der Waals surface area contributed by atoms with Crippen molar-refractivity contribution in [2.75, 3.05) is 11.9 Å². The first-order chi connectivity index (χ1) is 11.3. The van der Waals surface area contributed by atoms with Gasteiger partial charge >= 0.3 is 0 Å². The summed E-state index contributed by atoms with van der Waals surface area (Å²) in [5.41, 5.74) is 2.41. The van der Waals surface area contributed by atoms with Crippen LogP contribution in [0, 0.1) is 12.7 Å². The van der Waals surface area contributed by atoms with Crippen LogP contribution in [0.5, 0.6) is 0 Å². The second-order valence-corrected chi connectivity index (χ2v) is 5.95. The quantitative estimate of drug-likeness (QED) is 0.894. The summed E-state index contributed by atoms with van der Waals surface area (Å²) in [4.78, 5) is 25.4. The lowest BCUT2D eigenvalue weighted by Crippen LogP contribution is -2.36. The Hall–Kier alpha value is -2.40. The van der Waals surface area contributed by atoms with Gasteiger partial charge in [0.1, 0.15) is 12.4 Å². The number of carbonyl (C=O) groups is 2. The number of nitrogens with zero attached hydrogens (tertiary/aromatic N) is 1. The highest BCUT2D eigenvalue weighted by molar-refractivity contribution is 6.31. The lowest BCUT2D eigenvalue weighted by molar-refractivity contribution is -0.133. The third-order valence-electron chi connectivity index (χ3n) is 3.44. The van der Waals surface area contributed by atoms with Gasteiger partial charge in [-0.1, -0.05) is 41.4 Å². The molecule has 6 heteroatoms. The summed E-state index contributed by atoms with van der Waals surface area (Å²) in [6.45, 7) is 3.62. The van der Waals surface area contributed by atoms with Gasteiger partial charge in [-0.2, -0.15) is 0 Å². The number of amides is 2. The molecule has 0 radical (unpaired) electrons. The molecular weight excluding hydrogens is 331 g/mol. The summed E-state index contributed by atoms with van der Waals surface area (Å²) in [6, 6.07) is 11.7. The van der Waals surface area contributed by atoms with E-state index >= 15 is 0 Å². The van der Waals surface area contributed by atoms with Crippen LogP contribution >= 0.6 is 11.6 Å². The van der Waals surface area contributed by atoms with Crippen molar-refractivity contribution in [2.45, 2.75) is 20.4 Å². The average molecular weight is 349 g/mol. The van der Waals surface area contributed by atoms with Crippen molar-refractivity contribution < 1.29 is 14.0 Å². The molecule has 0 heterocycles. The molecule has 0 spiro atoms. The van der Waals surface area contributed by atoms with Crippen molar-refractivity contribution in [3.8, 4) is 0 Å². The molecule has 0 aliphatic rings. The molecule has 0 saturated heterocycles. The maximum absolute atomic E-state index is 13.1. The molecule has 2 amide bonds. The van der Waals surface area contributed by atoms with Gasteiger partial charge in [-0.05, 0) is 30.7 Å². The number of hydrogen-bond acceptors (Lipinski definition) is 2. The van der Waals surface area contributed by atoms with E-state index in [9.17, 15) is 14.0 Å². The number of aryl methyl sites for hydroxylation is 1. The minimum absolute atomic E-state index is 0.0732. The van der Waals surface area contributed by atoms with Crippen LogP contribution in [0.1, 0.15) is 18.1 Å². The van der Waals surface area contributed by atoms with Gasteiger partial charge in [0.25, 0.3) is 0 Å². The molecule has 1 N–H and O–H groups in total. The molecule has 126 valence electrons. The van der Waals surface area contributed by atoms with Gasteiger partial charge in [0, 0.05) is 19.2 Å². The van der Waals surface area contributed by atoms with Crippen LogP contribution in [0.2, 0.25) is 5.02 Å². The Morgan fingerprint density at radius 2 is 1.96 bits per heavy atom. The van der Waals surface area contributed by atoms with Crippen molar-refractivity contribution in [3.05, 3.63) is 64.4 Å². The highest BCUT2D eigenvalue weighted by atomic mass is 35.5. The molecule has 0 unspecified atom stereocenters. The van der Waals surface area contributed by atoms with Gasteiger partial charge < -0.3 is 10.2 Å². The number of hydrogen-bond donors (Lipinski definition) is 1. The predicted octanol–water partition coefficient (Wildman–Crippen LogP) is 3.77. The Labute approximate surface area is 145 Å². The molecule has 2 rings (SSSR count). The third-order valence-corrected chi connectivity index (χ3v) is 3.73. The molecule has 0 fully saturated rings. The minimum Gasteiger partial charge on any atom is -0.329 e. The molecule has 4 nitrogen and oxygen atoms in total. The Kier molecular flexibility index (Phi) is 5.93. The van der Waals surface area contributed by atoms with Crippen LogP contribution in [-0.4, -0.2) is 23.3 Å². The molecule has 0 saturated carbocycles. The zero-order valence-corrected chi connectivity index (χ0v) is 14.2. The molecule has 2 aromatic carbocycles. The van der Waals surface area contributed by atoms with Crippen LogP contribution in [0.3, 0.4) is 0 Å². The van der Waals surface area contributed by atoms with Gasteiger partial charge in [-0.25, -0.2) is 4.39 Å². The average Bonchev–Trinajstić information content (AvgIpc) is 2.50. The molecule has 0 bridgehead atoms. The van der Waals surface area contributed by atoms with Crippen LogP contribution < -0.4 is 5.32 Å². The van der Waals surface area contributed by atoms with Crippen molar-refractivity contribution in [2.24, 2.45) is 0 Å². The molecular formula is C18H18ClFN2O2. The fourth-order valence-corrected chi connectivity index (χ4v) is 2.44. The zero-order chi connectivity index (χ0) is 17.7. The van der Waals surface area contributed by atoms with Crippen LogP contribution in [0.25, 0.3) is 0 Å². The fraction of sp³-hybridized carbons (Fsp3) is 0.222. The summed E-state index contributed by atoms with van der Waals surface area (Å²) in [5.74, 6) is -1.14. The monoisotopic (exact) mass is 348 g/mol. The number of rotatable bonds is 5. The van der Waals surface area contributed by atoms with E-state index in [2.05, 4.69) is 5.32 Å². The zero-order valence-electron chi connectivity index (χ0n) is 13.5. The van der Waals surface area contributed by atoms with Crippen LogP contribution in [0.15, 0.2) is 42.5 Å². The number of carbonyl (C=O) groups excluding carboxylic acids is 2. The van der Waals surface area contributed by atoms with Gasteiger partial charge in [-0.3, -0.25) is 9.59 Å². The topological polar surface area (TPSA) is 49.4 Å². The second kappa shape index (κ2) is 7.93. The fourth-order valence-electron chi connectivity index (χ4n) is 2.26.